The Morgan fingerprint density at radius 1 is 1.09 bits per heavy atom. The predicted octanol–water partition coefficient (Wildman–Crippen LogP) is -2.37. The van der Waals surface area contributed by atoms with Crippen molar-refractivity contribution < 1.29 is 71.6 Å². The van der Waals surface area contributed by atoms with Gasteiger partial charge in [0.25, 0.3) is 5.56 Å². The van der Waals surface area contributed by atoms with Crippen LogP contribution in [-0.4, -0.2) is 80.1 Å². The summed E-state index contributed by atoms with van der Waals surface area (Å²) in [5, 5.41) is 47.9. The van der Waals surface area contributed by atoms with E-state index in [4.69, 9.17) is 19.4 Å². The third-order valence-corrected chi connectivity index (χ3v) is 8.06. The maximum absolute atomic E-state index is 11.8. The molecular weight excluding hydrogens is 535 g/mol. The molecule has 22 heteroatoms. The first-order valence-electron chi connectivity index (χ1n) is 8.57. The zero-order valence-electron chi connectivity index (χ0n) is 16.2. The number of hydrogen-bond donors (Lipinski definition) is 9. The van der Waals surface area contributed by atoms with Gasteiger partial charge in [-0.2, -0.15) is 13.7 Å². The second-order valence-corrected chi connectivity index (χ2v) is 11.1. The lowest BCUT2D eigenvalue weighted by molar-refractivity contribution is -0.241. The Kier molecular flexibility index (Phi) is 7.20. The minimum atomic E-state index is -5.81. The second kappa shape index (κ2) is 9.09. The van der Waals surface area contributed by atoms with Crippen molar-refractivity contribution in [3.63, 3.8) is 0 Å². The minimum absolute atomic E-state index is 0.139. The fourth-order valence-corrected chi connectivity index (χ4v) is 5.98. The third kappa shape index (κ3) is 5.76. The topological polar surface area (TPSA) is 309 Å². The summed E-state index contributed by atoms with van der Waals surface area (Å²) in [4.78, 5) is 49.4. The van der Waals surface area contributed by atoms with Crippen LogP contribution < -0.4 is 5.56 Å². The number of H-pyrrole nitrogens is 1. The molecule has 1 fully saturated rings. The van der Waals surface area contributed by atoms with Crippen LogP contribution in [0.3, 0.4) is 0 Å². The van der Waals surface area contributed by atoms with Crippen LogP contribution >= 0.6 is 23.5 Å². The molecule has 2 aromatic heterocycles. The largest absolute Gasteiger partial charge is 0.494 e. The number of aromatic hydroxyl groups is 1. The molecule has 34 heavy (non-hydrogen) atoms. The molecule has 0 radical (unpaired) electrons. The molecule has 1 saturated heterocycles. The molecule has 0 aliphatic carbocycles. The zero-order valence-corrected chi connectivity index (χ0v) is 18.9. The van der Waals surface area contributed by atoms with Crippen LogP contribution in [0.2, 0.25) is 0 Å². The number of aliphatic hydroxyl groups is 3. The number of nitrogens with one attached hydrogen (secondary N) is 1. The van der Waals surface area contributed by atoms with Crippen LogP contribution in [0.5, 0.6) is 5.88 Å². The predicted molar refractivity (Wildman–Crippen MR) is 102 cm³/mol. The molecule has 2 unspecified atom stereocenters. The Morgan fingerprint density at radius 3 is 2.35 bits per heavy atom. The van der Waals surface area contributed by atoms with Crippen molar-refractivity contribution >= 4 is 34.2 Å². The van der Waals surface area contributed by atoms with Crippen molar-refractivity contribution in [3.05, 3.63) is 28.3 Å². The van der Waals surface area contributed by atoms with Gasteiger partial charge in [0.15, 0.2) is 0 Å². The van der Waals surface area contributed by atoms with Gasteiger partial charge in [0.05, 0.1) is 18.2 Å². The molecule has 1 aliphatic rings. The normalized spacial score (nSPS) is 29.1. The van der Waals surface area contributed by atoms with E-state index in [0.717, 1.165) is 12.3 Å². The van der Waals surface area contributed by atoms with Gasteiger partial charge in [0, 0.05) is 11.5 Å². The average molecular weight is 551 g/mol. The molecule has 0 amide bonds. The van der Waals surface area contributed by atoms with Crippen molar-refractivity contribution in [3.8, 4) is 5.88 Å². The molecule has 3 heterocycles. The number of aromatic nitrogens is 3. The molecule has 190 valence electrons. The van der Waals surface area contributed by atoms with E-state index in [1.807, 2.05) is 4.98 Å². The fraction of sp³-hybridized carbons (Fsp3) is 0.417. The Labute approximate surface area is 186 Å². The van der Waals surface area contributed by atoms with Crippen LogP contribution in [0, 0.1) is 0 Å². The number of fused-ring (bicyclic) bond motifs is 1. The molecular formula is C12H16N3O16P3. The number of phosphoric ester groups is 1. The number of hydrogen-bond acceptors (Lipinski definition) is 14. The Bertz CT molecular complexity index is 1290. The van der Waals surface area contributed by atoms with Crippen LogP contribution in [0.4, 0.5) is 0 Å². The molecule has 0 bridgehead atoms. The van der Waals surface area contributed by atoms with Gasteiger partial charge >= 0.3 is 23.5 Å². The van der Waals surface area contributed by atoms with E-state index >= 15 is 0 Å². The second-order valence-electron chi connectivity index (χ2n) is 6.68. The number of aromatic amines is 1. The molecule has 9 N–H and O–H groups in total. The quantitative estimate of drug-likeness (QED) is 0.155. The van der Waals surface area contributed by atoms with Crippen LogP contribution in [0.15, 0.2) is 17.1 Å². The number of aliphatic hydroxyl groups excluding tert-OH is 2. The van der Waals surface area contributed by atoms with Crippen LogP contribution in [0.1, 0.15) is 5.69 Å². The highest BCUT2D eigenvalue weighted by molar-refractivity contribution is 7.66. The summed E-state index contributed by atoms with van der Waals surface area (Å²) in [5.41, 5.74) is -1.49. The summed E-state index contributed by atoms with van der Waals surface area (Å²) in [5.74, 6) is -3.57. The molecule has 2 aromatic rings. The van der Waals surface area contributed by atoms with Crippen LogP contribution in [-0.2, 0) is 37.4 Å². The van der Waals surface area contributed by atoms with E-state index in [-0.39, 0.29) is 10.8 Å². The first-order valence-corrected chi connectivity index (χ1v) is 13.1. The maximum atomic E-state index is 11.8. The highest BCUT2D eigenvalue weighted by Gasteiger charge is 2.57. The molecule has 6 atom stereocenters. The van der Waals surface area contributed by atoms with Gasteiger partial charge in [0.2, 0.25) is 11.7 Å². The van der Waals surface area contributed by atoms with Gasteiger partial charge < -0.3 is 44.7 Å². The monoisotopic (exact) mass is 551 g/mol. The van der Waals surface area contributed by atoms with Crippen molar-refractivity contribution in [2.24, 2.45) is 0 Å². The summed E-state index contributed by atoms with van der Waals surface area (Å²) < 4.78 is 50.3. The first kappa shape index (κ1) is 26.9. The van der Waals surface area contributed by atoms with Crippen LogP contribution in [0.25, 0.3) is 10.8 Å². The zero-order chi connectivity index (χ0) is 25.7. The highest BCUT2D eigenvalue weighted by Crippen LogP contribution is 2.66. The van der Waals surface area contributed by atoms with E-state index in [0.29, 0.717) is 0 Å². The number of ether oxygens (including phenoxy) is 1. The lowest BCUT2D eigenvalue weighted by atomic mass is 9.99. The third-order valence-electron chi connectivity index (χ3n) is 4.26. The van der Waals surface area contributed by atoms with Crippen molar-refractivity contribution in [1.82, 2.24) is 15.2 Å². The highest BCUT2D eigenvalue weighted by atomic mass is 31.3. The summed E-state index contributed by atoms with van der Waals surface area (Å²) >= 11 is 0. The van der Waals surface area contributed by atoms with E-state index in [1.54, 1.807) is 0 Å². The van der Waals surface area contributed by atoms with Gasteiger partial charge in [0.1, 0.15) is 24.0 Å². The van der Waals surface area contributed by atoms with Crippen molar-refractivity contribution in [2.75, 3.05) is 6.61 Å². The molecule has 1 aliphatic heterocycles. The number of nitrogens with zero attached hydrogens (tertiary/aromatic N) is 2. The Balaban J connectivity index is 1.83. The number of pyridine rings is 1. The molecule has 0 spiro atoms. The summed E-state index contributed by atoms with van der Waals surface area (Å²) in [6, 6.07) is 0.860. The smallest absolute Gasteiger partial charge is 0.490 e. The lowest BCUT2D eigenvalue weighted by Gasteiger charge is -2.25. The number of rotatable bonds is 8. The first-order chi connectivity index (χ1) is 15.4. The van der Waals surface area contributed by atoms with Gasteiger partial charge in [-0.3, -0.25) is 14.3 Å². The van der Waals surface area contributed by atoms with Gasteiger partial charge in [-0.1, -0.05) is 0 Å². The molecule has 19 nitrogen and oxygen atoms in total. The van der Waals surface area contributed by atoms with E-state index in [1.165, 1.54) is 0 Å². The summed E-state index contributed by atoms with van der Waals surface area (Å²) in [6.07, 6.45) is -5.15. The number of phosphoric acid groups is 3. The average Bonchev–Trinajstić information content (AvgIpc) is 2.88. The molecule has 0 saturated carbocycles. The maximum Gasteiger partial charge on any atom is 0.490 e. The van der Waals surface area contributed by atoms with E-state index < -0.39 is 71.3 Å². The SMILES string of the molecule is O=c1cc2c([C@]3(O)O[C@H](COP(=O)(O)OP(=O)(O)OP(=O)(O)O)[C@@H](O)[C@H]3O)nncc2c(O)[nH]1. The van der Waals surface area contributed by atoms with Crippen molar-refractivity contribution in [1.29, 1.82) is 0 Å². The molecule has 0 aromatic carbocycles. The lowest BCUT2D eigenvalue weighted by Crippen LogP contribution is -2.41. The molecule has 3 rings (SSSR count). The minimum Gasteiger partial charge on any atom is -0.494 e. The van der Waals surface area contributed by atoms with Gasteiger partial charge in [-0.25, -0.2) is 13.7 Å². The Morgan fingerprint density at radius 2 is 1.74 bits per heavy atom. The van der Waals surface area contributed by atoms with Crippen molar-refractivity contribution in [2.45, 2.75) is 24.1 Å². The van der Waals surface area contributed by atoms with Gasteiger partial charge in [-0.05, 0) is 0 Å². The standard InChI is InChI=1S/C12H16N3O16P3/c16-7-1-4-5(11(19)14-7)2-13-15-9(4)12(20)10(18)8(17)6(29-12)3-28-33(24,25)31-34(26,27)30-32(21,22)23/h1-2,6,8,10,17-18,20H,3H2,(H,24,25)(H,26,27)(H2,14,16,19)(H2,21,22,23)/t6-,8-,10-,12+/m1/s1. The Hall–Kier alpha value is -1.66. The van der Waals surface area contributed by atoms with E-state index in [2.05, 4.69) is 23.3 Å². The fourth-order valence-electron chi connectivity index (χ4n) is 2.95. The summed E-state index contributed by atoms with van der Waals surface area (Å²) in [7, 11) is -17.0. The summed E-state index contributed by atoms with van der Waals surface area (Å²) in [6.45, 7) is -1.21. The van der Waals surface area contributed by atoms with E-state index in [9.17, 15) is 43.8 Å². The van der Waals surface area contributed by atoms with Gasteiger partial charge in [-0.15, -0.1) is 5.10 Å².